The van der Waals surface area contributed by atoms with Crippen molar-refractivity contribution in [2.24, 2.45) is 7.05 Å². The fraction of sp³-hybridized carbons (Fsp3) is 0.393. The van der Waals surface area contributed by atoms with Gasteiger partial charge in [0.1, 0.15) is 11.8 Å². The summed E-state index contributed by atoms with van der Waals surface area (Å²) in [6.07, 6.45) is 1.70. The summed E-state index contributed by atoms with van der Waals surface area (Å²) in [6, 6.07) is 10.4. The molecular weight excluding hydrogens is 456 g/mol. The van der Waals surface area contributed by atoms with Crippen molar-refractivity contribution in [3.05, 3.63) is 63.5 Å². The largest absolute Gasteiger partial charge is 0.496 e. The predicted octanol–water partition coefficient (Wildman–Crippen LogP) is 5.38. The third-order valence-electron chi connectivity index (χ3n) is 7.48. The van der Waals surface area contributed by atoms with Gasteiger partial charge in [0, 0.05) is 41.8 Å². The van der Waals surface area contributed by atoms with Crippen LogP contribution in [0.1, 0.15) is 44.0 Å². The summed E-state index contributed by atoms with van der Waals surface area (Å²) in [5, 5.41) is 6.32. The van der Waals surface area contributed by atoms with Crippen molar-refractivity contribution in [3.63, 3.8) is 0 Å². The molecule has 1 unspecified atom stereocenters. The van der Waals surface area contributed by atoms with Crippen LogP contribution in [0.25, 0.3) is 17.0 Å². The molecule has 2 aromatic heterocycles. The first-order valence-corrected chi connectivity index (χ1v) is 13.0. The first-order valence-electron chi connectivity index (χ1n) is 12.0. The Hall–Kier alpha value is -3.03. The highest BCUT2D eigenvalue weighted by Gasteiger charge is 2.42. The van der Waals surface area contributed by atoms with Crippen LogP contribution in [0.3, 0.4) is 0 Å². The van der Waals surface area contributed by atoms with E-state index in [9.17, 15) is 4.79 Å². The minimum absolute atomic E-state index is 0.0953. The molecule has 1 amide bonds. The zero-order chi connectivity index (χ0) is 25.1. The molecule has 1 aliphatic heterocycles. The quantitative estimate of drug-likeness (QED) is 0.534. The van der Waals surface area contributed by atoms with Crippen molar-refractivity contribution in [2.75, 3.05) is 19.2 Å². The van der Waals surface area contributed by atoms with E-state index in [1.807, 2.05) is 11.9 Å². The summed E-state index contributed by atoms with van der Waals surface area (Å²) < 4.78 is 8.04. The van der Waals surface area contributed by atoms with E-state index in [0.29, 0.717) is 0 Å². The highest BCUT2D eigenvalue weighted by atomic mass is 32.1. The minimum atomic E-state index is -0.384. The van der Waals surface area contributed by atoms with E-state index in [1.165, 1.54) is 11.3 Å². The molecule has 0 saturated carbocycles. The van der Waals surface area contributed by atoms with Crippen molar-refractivity contribution in [1.29, 1.82) is 0 Å². The molecule has 35 heavy (non-hydrogen) atoms. The summed E-state index contributed by atoms with van der Waals surface area (Å²) in [5.41, 5.74) is 12.4. The molecule has 3 aromatic rings. The van der Waals surface area contributed by atoms with Crippen LogP contribution in [0.5, 0.6) is 5.75 Å². The fourth-order valence-electron chi connectivity index (χ4n) is 5.00. The molecule has 6 nitrogen and oxygen atoms in total. The summed E-state index contributed by atoms with van der Waals surface area (Å²) in [7, 11) is 5.72. The Morgan fingerprint density at radius 2 is 1.94 bits per heavy atom. The number of rotatable bonds is 4. The van der Waals surface area contributed by atoms with Crippen molar-refractivity contribution in [3.8, 4) is 17.0 Å². The standard InChI is InChI=1S/C28H34N4O2S/c1-17-8-11-23(30(17)5)22-15-21-18(14-24(22)34-7)9-10-20-25(27(33)31(6)28(2,3)4)29-32(26(20)21)19-12-13-35-16-19/h8,11-16,25,29H,9-10H2,1-7H3. The molecule has 1 aromatic carbocycles. The number of anilines is 1. The number of aromatic nitrogens is 1. The Bertz CT molecular complexity index is 1310. The van der Waals surface area contributed by atoms with Crippen LogP contribution in [0.15, 0.2) is 46.7 Å². The van der Waals surface area contributed by atoms with Gasteiger partial charge in [0.15, 0.2) is 0 Å². The molecule has 1 aliphatic carbocycles. The molecular formula is C28H34N4O2S. The van der Waals surface area contributed by atoms with Gasteiger partial charge < -0.3 is 14.2 Å². The second kappa shape index (κ2) is 8.57. The molecule has 0 radical (unpaired) electrons. The van der Waals surface area contributed by atoms with Gasteiger partial charge in [-0.3, -0.25) is 9.80 Å². The summed E-state index contributed by atoms with van der Waals surface area (Å²) in [4.78, 5) is 15.5. The lowest BCUT2D eigenvalue weighted by Crippen LogP contribution is -2.52. The lowest BCUT2D eigenvalue weighted by atomic mass is 9.85. The maximum absolute atomic E-state index is 13.7. The molecule has 5 rings (SSSR count). The highest BCUT2D eigenvalue weighted by molar-refractivity contribution is 7.08. The van der Waals surface area contributed by atoms with Crippen molar-refractivity contribution < 1.29 is 9.53 Å². The van der Waals surface area contributed by atoms with Crippen LogP contribution in [0, 0.1) is 6.92 Å². The van der Waals surface area contributed by atoms with E-state index in [2.05, 4.69) is 90.8 Å². The van der Waals surface area contributed by atoms with Crippen molar-refractivity contribution in [1.82, 2.24) is 14.9 Å². The van der Waals surface area contributed by atoms with Gasteiger partial charge in [-0.25, -0.2) is 5.43 Å². The maximum atomic E-state index is 13.7. The zero-order valence-corrected chi connectivity index (χ0v) is 22.4. The van der Waals surface area contributed by atoms with Crippen LogP contribution in [0.4, 0.5) is 5.69 Å². The van der Waals surface area contributed by atoms with Crippen LogP contribution in [0.2, 0.25) is 0 Å². The SMILES string of the molecule is COc1cc2c(cc1-c1ccc(C)n1C)C1=C(CC2)C(C(=O)N(C)C(C)(C)C)NN1c1ccsc1. The van der Waals surface area contributed by atoms with Crippen LogP contribution >= 0.6 is 11.3 Å². The van der Waals surface area contributed by atoms with Gasteiger partial charge in [-0.05, 0) is 87.4 Å². The van der Waals surface area contributed by atoms with E-state index in [1.54, 1.807) is 18.4 Å². The number of carbonyl (C=O) groups excluding carboxylic acids is 1. The average molecular weight is 491 g/mol. The summed E-state index contributed by atoms with van der Waals surface area (Å²) >= 11 is 1.66. The summed E-state index contributed by atoms with van der Waals surface area (Å²) in [5.74, 6) is 0.972. The lowest BCUT2D eigenvalue weighted by Gasteiger charge is -2.34. The number of hydrogen-bond donors (Lipinski definition) is 1. The molecule has 0 spiro atoms. The number of hydrazine groups is 1. The van der Waals surface area contributed by atoms with Gasteiger partial charge in [0.2, 0.25) is 5.91 Å². The topological polar surface area (TPSA) is 49.7 Å². The zero-order valence-electron chi connectivity index (χ0n) is 21.6. The fourth-order valence-corrected chi connectivity index (χ4v) is 5.62. The Balaban J connectivity index is 1.69. The number of nitrogens with one attached hydrogen (secondary N) is 1. The number of methoxy groups -OCH3 is 1. The van der Waals surface area contributed by atoms with E-state index in [-0.39, 0.29) is 17.5 Å². The number of hydrogen-bond acceptors (Lipinski definition) is 5. The third kappa shape index (κ3) is 3.87. The molecule has 7 heteroatoms. The Morgan fingerprint density at radius 3 is 2.54 bits per heavy atom. The highest BCUT2D eigenvalue weighted by Crippen LogP contribution is 2.45. The number of thiophene rings is 1. The molecule has 184 valence electrons. The number of aryl methyl sites for hydroxylation is 2. The van der Waals surface area contributed by atoms with E-state index in [0.717, 1.165) is 52.4 Å². The number of carbonyl (C=O) groups is 1. The van der Waals surface area contributed by atoms with Gasteiger partial charge >= 0.3 is 0 Å². The molecule has 0 bridgehead atoms. The van der Waals surface area contributed by atoms with Crippen LogP contribution in [-0.4, -0.2) is 41.1 Å². The van der Waals surface area contributed by atoms with E-state index in [4.69, 9.17) is 4.74 Å². The van der Waals surface area contributed by atoms with E-state index < -0.39 is 0 Å². The first-order chi connectivity index (χ1) is 16.6. The smallest absolute Gasteiger partial charge is 0.246 e. The van der Waals surface area contributed by atoms with E-state index >= 15 is 0 Å². The number of amides is 1. The van der Waals surface area contributed by atoms with Crippen LogP contribution < -0.4 is 15.2 Å². The van der Waals surface area contributed by atoms with Gasteiger partial charge in [-0.1, -0.05) is 0 Å². The number of ether oxygens (including phenoxy) is 1. The van der Waals surface area contributed by atoms with Gasteiger partial charge in [-0.15, -0.1) is 0 Å². The number of benzene rings is 1. The number of fused-ring (bicyclic) bond motifs is 2. The molecule has 1 N–H and O–H groups in total. The molecule has 3 heterocycles. The molecule has 2 aliphatic rings. The van der Waals surface area contributed by atoms with Crippen molar-refractivity contribution in [2.45, 2.75) is 52.1 Å². The molecule has 0 saturated heterocycles. The number of nitrogens with zero attached hydrogens (tertiary/aromatic N) is 3. The van der Waals surface area contributed by atoms with Gasteiger partial charge in [-0.2, -0.15) is 11.3 Å². The monoisotopic (exact) mass is 490 g/mol. The molecule has 0 fully saturated rings. The Morgan fingerprint density at radius 1 is 1.17 bits per heavy atom. The van der Waals surface area contributed by atoms with Gasteiger partial charge in [0.25, 0.3) is 0 Å². The predicted molar refractivity (Wildman–Crippen MR) is 144 cm³/mol. The Kier molecular flexibility index (Phi) is 5.80. The second-order valence-electron chi connectivity index (χ2n) is 10.4. The Labute approximate surface area is 211 Å². The van der Waals surface area contributed by atoms with Crippen molar-refractivity contribution >= 4 is 28.6 Å². The minimum Gasteiger partial charge on any atom is -0.496 e. The first kappa shape index (κ1) is 23.7. The second-order valence-corrected chi connectivity index (χ2v) is 11.2. The van der Waals surface area contributed by atoms with Crippen LogP contribution in [-0.2, 0) is 18.3 Å². The van der Waals surface area contributed by atoms with Gasteiger partial charge in [0.05, 0.1) is 24.2 Å². The normalized spacial score (nSPS) is 17.5. The molecule has 1 atom stereocenters. The number of likely N-dealkylation sites (N-methyl/N-ethyl adjacent to an activating group) is 1. The maximum Gasteiger partial charge on any atom is 0.246 e. The third-order valence-corrected chi connectivity index (χ3v) is 8.15. The summed E-state index contributed by atoms with van der Waals surface area (Å²) in [6.45, 7) is 8.32. The lowest BCUT2D eigenvalue weighted by molar-refractivity contribution is -0.135. The average Bonchev–Trinajstić information content (AvgIpc) is 3.56.